The number of halogens is 4. The van der Waals surface area contributed by atoms with Gasteiger partial charge in [-0.15, -0.1) is 0 Å². The third-order valence-electron chi connectivity index (χ3n) is 5.97. The van der Waals surface area contributed by atoms with Gasteiger partial charge in [-0.3, -0.25) is 9.10 Å². The molecular formula is C30H25ClF3N3O4S. The summed E-state index contributed by atoms with van der Waals surface area (Å²) in [7, 11) is -4.45. The number of nitrogens with one attached hydrogen (secondary N) is 1. The number of sulfonamides is 1. The van der Waals surface area contributed by atoms with Crippen LogP contribution in [0, 0.1) is 6.92 Å². The van der Waals surface area contributed by atoms with E-state index in [2.05, 4.69) is 10.5 Å². The second-order valence-corrected chi connectivity index (χ2v) is 11.4. The molecule has 0 bridgehead atoms. The topological polar surface area (TPSA) is 88.1 Å². The van der Waals surface area contributed by atoms with Crippen molar-refractivity contribution in [2.24, 2.45) is 5.10 Å². The number of hydrogen-bond donors (Lipinski definition) is 1. The minimum atomic E-state index is -4.85. The number of hydrazone groups is 1. The molecule has 1 N–H and O–H groups in total. The van der Waals surface area contributed by atoms with Gasteiger partial charge in [-0.05, 0) is 72.6 Å². The normalized spacial score (nSPS) is 11.8. The fraction of sp³-hybridized carbons (Fsp3) is 0.133. The lowest BCUT2D eigenvalue weighted by atomic mass is 10.2. The molecule has 4 aromatic carbocycles. The summed E-state index contributed by atoms with van der Waals surface area (Å²) in [5.74, 6) is -0.258. The highest BCUT2D eigenvalue weighted by molar-refractivity contribution is 7.92. The largest absolute Gasteiger partial charge is 0.489 e. The Morgan fingerprint density at radius 3 is 2.29 bits per heavy atom. The van der Waals surface area contributed by atoms with Crippen LogP contribution in [0.25, 0.3) is 0 Å². The number of alkyl halides is 3. The van der Waals surface area contributed by atoms with Crippen LogP contribution in [-0.2, 0) is 27.6 Å². The summed E-state index contributed by atoms with van der Waals surface area (Å²) in [6, 6.07) is 24.8. The second kappa shape index (κ2) is 13.1. The van der Waals surface area contributed by atoms with Crippen molar-refractivity contribution in [1.29, 1.82) is 0 Å². The molecule has 0 aromatic heterocycles. The van der Waals surface area contributed by atoms with E-state index in [4.69, 9.17) is 16.3 Å². The molecule has 0 aliphatic heterocycles. The van der Waals surface area contributed by atoms with Gasteiger partial charge in [-0.2, -0.15) is 18.3 Å². The number of anilines is 1. The predicted octanol–water partition coefficient (Wildman–Crippen LogP) is 6.59. The number of carbonyl (C=O) groups is 1. The maximum Gasteiger partial charge on any atom is 0.417 e. The monoisotopic (exact) mass is 615 g/mol. The summed E-state index contributed by atoms with van der Waals surface area (Å²) in [5.41, 5.74) is 2.99. The van der Waals surface area contributed by atoms with Gasteiger partial charge in [0.05, 0.1) is 27.4 Å². The van der Waals surface area contributed by atoms with Crippen LogP contribution in [0.1, 0.15) is 22.3 Å². The number of rotatable bonds is 10. The van der Waals surface area contributed by atoms with Gasteiger partial charge in [0.15, 0.2) is 0 Å². The van der Waals surface area contributed by atoms with E-state index in [-0.39, 0.29) is 4.90 Å². The van der Waals surface area contributed by atoms with E-state index >= 15 is 0 Å². The lowest BCUT2D eigenvalue weighted by molar-refractivity contribution is -0.137. The fourth-order valence-corrected chi connectivity index (χ4v) is 5.41. The summed E-state index contributed by atoms with van der Waals surface area (Å²) in [6.07, 6.45) is -3.51. The van der Waals surface area contributed by atoms with Gasteiger partial charge in [0.2, 0.25) is 0 Å². The highest BCUT2D eigenvalue weighted by Gasteiger charge is 2.35. The lowest BCUT2D eigenvalue weighted by Gasteiger charge is -2.25. The van der Waals surface area contributed by atoms with Crippen LogP contribution in [0.3, 0.4) is 0 Å². The van der Waals surface area contributed by atoms with Crippen LogP contribution in [0.15, 0.2) is 107 Å². The van der Waals surface area contributed by atoms with Crippen molar-refractivity contribution in [3.05, 3.63) is 124 Å². The first-order valence-electron chi connectivity index (χ1n) is 12.5. The highest BCUT2D eigenvalue weighted by atomic mass is 35.5. The molecular weight excluding hydrogens is 591 g/mol. The third kappa shape index (κ3) is 7.89. The number of hydrogen-bond acceptors (Lipinski definition) is 5. The van der Waals surface area contributed by atoms with Crippen molar-refractivity contribution in [3.63, 3.8) is 0 Å². The van der Waals surface area contributed by atoms with Crippen LogP contribution >= 0.6 is 11.6 Å². The van der Waals surface area contributed by atoms with E-state index in [0.717, 1.165) is 23.3 Å². The van der Waals surface area contributed by atoms with Crippen LogP contribution in [0.5, 0.6) is 5.75 Å². The first-order valence-corrected chi connectivity index (χ1v) is 14.3. The lowest BCUT2D eigenvalue weighted by Crippen LogP contribution is -2.39. The first kappa shape index (κ1) is 30.6. The third-order valence-corrected chi connectivity index (χ3v) is 8.09. The number of amides is 1. The van der Waals surface area contributed by atoms with Crippen molar-refractivity contribution in [3.8, 4) is 5.75 Å². The average Bonchev–Trinajstić information content (AvgIpc) is 2.96. The molecule has 0 aliphatic carbocycles. The molecule has 0 aliphatic rings. The van der Waals surface area contributed by atoms with Gasteiger partial charge in [-0.25, -0.2) is 13.8 Å². The molecule has 4 aromatic rings. The number of carbonyl (C=O) groups excluding carboxylic acids is 1. The van der Waals surface area contributed by atoms with Crippen molar-refractivity contribution in [1.82, 2.24) is 5.43 Å². The first-order chi connectivity index (χ1) is 19.9. The zero-order valence-electron chi connectivity index (χ0n) is 22.2. The summed E-state index contributed by atoms with van der Waals surface area (Å²) < 4.78 is 73.9. The molecule has 0 fully saturated rings. The van der Waals surface area contributed by atoms with E-state index in [1.165, 1.54) is 30.5 Å². The van der Waals surface area contributed by atoms with Crippen molar-refractivity contribution >= 4 is 39.4 Å². The molecule has 12 heteroatoms. The molecule has 1 amide bonds. The van der Waals surface area contributed by atoms with Crippen LogP contribution < -0.4 is 14.5 Å². The van der Waals surface area contributed by atoms with Gasteiger partial charge in [0, 0.05) is 0 Å². The molecule has 42 heavy (non-hydrogen) atoms. The Balaban J connectivity index is 1.49. The number of aryl methyl sites for hydroxylation is 1. The molecule has 0 saturated carbocycles. The molecule has 4 rings (SSSR count). The minimum Gasteiger partial charge on any atom is -0.489 e. The zero-order chi connectivity index (χ0) is 30.3. The van der Waals surface area contributed by atoms with Crippen molar-refractivity contribution in [2.45, 2.75) is 24.6 Å². The number of benzene rings is 4. The van der Waals surface area contributed by atoms with Gasteiger partial charge < -0.3 is 4.74 Å². The maximum atomic E-state index is 13.5. The van der Waals surface area contributed by atoms with Crippen LogP contribution in [0.4, 0.5) is 18.9 Å². The Morgan fingerprint density at radius 2 is 1.64 bits per heavy atom. The second-order valence-electron chi connectivity index (χ2n) is 9.12. The number of ether oxygens (including phenoxy) is 1. The van der Waals surface area contributed by atoms with Crippen molar-refractivity contribution in [2.75, 3.05) is 10.8 Å². The summed E-state index contributed by atoms with van der Waals surface area (Å²) in [4.78, 5) is 12.6. The van der Waals surface area contributed by atoms with Gasteiger partial charge in [-0.1, -0.05) is 59.6 Å². The fourth-order valence-electron chi connectivity index (χ4n) is 3.77. The summed E-state index contributed by atoms with van der Waals surface area (Å²) >= 11 is 5.73. The Hall–Kier alpha value is -4.35. The quantitative estimate of drug-likeness (QED) is 0.161. The minimum absolute atomic E-state index is 0.206. The Bertz CT molecular complexity index is 1660. The smallest absolute Gasteiger partial charge is 0.417 e. The Labute approximate surface area is 246 Å². The standard InChI is InChI=1S/C30H25ClF3N3O4S/c1-21-7-14-26(15-8-21)42(39,40)37(24-11-16-28(31)27(17-24)30(32,33)34)19-29(38)36-35-18-22-9-12-25(13-10-22)41-20-23-5-3-2-4-6-23/h2-18H,19-20H2,1H3,(H,36,38)/b35-18-. The Morgan fingerprint density at radius 1 is 0.976 bits per heavy atom. The van der Waals surface area contributed by atoms with Gasteiger partial charge >= 0.3 is 6.18 Å². The Kier molecular flexibility index (Phi) is 9.54. The molecule has 0 heterocycles. The SMILES string of the molecule is Cc1ccc(S(=O)(=O)N(CC(=O)N/N=C\c2ccc(OCc3ccccc3)cc2)c2ccc(Cl)c(C(F)(F)F)c2)cc1. The zero-order valence-corrected chi connectivity index (χ0v) is 23.7. The summed E-state index contributed by atoms with van der Waals surface area (Å²) in [6.45, 7) is 1.29. The highest BCUT2D eigenvalue weighted by Crippen LogP contribution is 2.38. The maximum absolute atomic E-state index is 13.5. The molecule has 7 nitrogen and oxygen atoms in total. The predicted molar refractivity (Wildman–Crippen MR) is 155 cm³/mol. The van der Waals surface area contributed by atoms with E-state index in [1.54, 1.807) is 31.2 Å². The average molecular weight is 616 g/mol. The van der Waals surface area contributed by atoms with Gasteiger partial charge in [0.25, 0.3) is 15.9 Å². The van der Waals surface area contributed by atoms with E-state index in [1.807, 2.05) is 30.3 Å². The van der Waals surface area contributed by atoms with E-state index in [9.17, 15) is 26.4 Å². The molecule has 0 spiro atoms. The molecule has 0 unspecified atom stereocenters. The van der Waals surface area contributed by atoms with Crippen LogP contribution in [-0.4, -0.2) is 27.1 Å². The molecule has 218 valence electrons. The summed E-state index contributed by atoms with van der Waals surface area (Å²) in [5, 5.41) is 3.25. The molecule has 0 radical (unpaired) electrons. The van der Waals surface area contributed by atoms with Gasteiger partial charge in [0.1, 0.15) is 18.9 Å². The van der Waals surface area contributed by atoms with Crippen LogP contribution in [0.2, 0.25) is 5.02 Å². The van der Waals surface area contributed by atoms with E-state index in [0.29, 0.717) is 28.3 Å². The van der Waals surface area contributed by atoms with Crippen molar-refractivity contribution < 1.29 is 31.1 Å². The number of nitrogens with zero attached hydrogens (tertiary/aromatic N) is 2. The van der Waals surface area contributed by atoms with E-state index < -0.39 is 44.9 Å². The molecule has 0 atom stereocenters. The molecule has 0 saturated heterocycles.